The zero-order valence-electron chi connectivity index (χ0n) is 15.2. The molecule has 0 aromatic carbocycles. The van der Waals surface area contributed by atoms with Gasteiger partial charge < -0.3 is 5.32 Å². The number of H-pyrrole nitrogens is 1. The summed E-state index contributed by atoms with van der Waals surface area (Å²) in [5.74, 6) is 3.28. The van der Waals surface area contributed by atoms with Crippen LogP contribution in [0.15, 0.2) is 12.7 Å². The van der Waals surface area contributed by atoms with Crippen molar-refractivity contribution in [3.63, 3.8) is 0 Å². The quantitative estimate of drug-likeness (QED) is 0.441. The van der Waals surface area contributed by atoms with Crippen LogP contribution in [0.2, 0.25) is 0 Å². The highest BCUT2D eigenvalue weighted by atomic mass is 32.1. The average Bonchev–Trinajstić information content (AvgIpc) is 3.18. The number of carbonyl (C=O) groups is 1. The molecule has 1 amide bonds. The third-order valence-corrected chi connectivity index (χ3v) is 5.89. The van der Waals surface area contributed by atoms with E-state index in [1.54, 1.807) is 6.08 Å². The number of anilines is 1. The van der Waals surface area contributed by atoms with E-state index < -0.39 is 0 Å². The number of hydrogen-bond acceptors (Lipinski definition) is 6. The summed E-state index contributed by atoms with van der Waals surface area (Å²) in [6.45, 7) is 7.53. The van der Waals surface area contributed by atoms with Crippen molar-refractivity contribution in [2.45, 2.75) is 38.8 Å². The van der Waals surface area contributed by atoms with Crippen molar-refractivity contribution in [1.82, 2.24) is 24.6 Å². The van der Waals surface area contributed by atoms with Crippen LogP contribution in [0.3, 0.4) is 0 Å². The van der Waals surface area contributed by atoms with Gasteiger partial charge in [0, 0.05) is 6.54 Å². The molecule has 9 heteroatoms. The van der Waals surface area contributed by atoms with Gasteiger partial charge in [-0.2, -0.15) is 5.10 Å². The second-order valence-corrected chi connectivity index (χ2v) is 7.75. The molecule has 7 nitrogen and oxygen atoms in total. The monoisotopic (exact) mass is 402 g/mol. The summed E-state index contributed by atoms with van der Waals surface area (Å²) in [6.07, 6.45) is 10.1. The molecule has 0 spiro atoms. The largest absolute Gasteiger partial charge is 0.301 e. The van der Waals surface area contributed by atoms with Crippen molar-refractivity contribution in [3.05, 3.63) is 23.1 Å². The number of carbonyl (C=O) groups excluding carboxylic acids is 1. The number of piperidine rings is 1. The molecule has 1 saturated heterocycles. The van der Waals surface area contributed by atoms with Crippen LogP contribution in [0, 0.1) is 24.0 Å². The second kappa shape index (κ2) is 8.61. The molecule has 27 heavy (non-hydrogen) atoms. The lowest BCUT2D eigenvalue weighted by molar-refractivity contribution is -0.122. The van der Waals surface area contributed by atoms with Crippen LogP contribution in [-0.2, 0) is 11.3 Å². The van der Waals surface area contributed by atoms with Gasteiger partial charge in [-0.1, -0.05) is 29.8 Å². The van der Waals surface area contributed by atoms with Gasteiger partial charge in [-0.15, -0.1) is 13.0 Å². The van der Waals surface area contributed by atoms with Crippen molar-refractivity contribution in [2.75, 3.05) is 18.4 Å². The van der Waals surface area contributed by atoms with Gasteiger partial charge in [0.2, 0.25) is 5.91 Å². The Morgan fingerprint density at radius 2 is 2.41 bits per heavy atom. The fourth-order valence-corrected chi connectivity index (χ4v) is 4.40. The number of terminal acetylenes is 1. The van der Waals surface area contributed by atoms with E-state index in [-0.39, 0.29) is 11.9 Å². The van der Waals surface area contributed by atoms with E-state index in [4.69, 9.17) is 18.6 Å². The van der Waals surface area contributed by atoms with Gasteiger partial charge in [0.25, 0.3) is 0 Å². The topological polar surface area (TPSA) is 78.8 Å². The molecule has 0 bridgehead atoms. The molecule has 1 atom stereocenters. The van der Waals surface area contributed by atoms with Crippen LogP contribution in [0.25, 0.3) is 10.7 Å². The Kier molecular flexibility index (Phi) is 6.21. The predicted octanol–water partition coefficient (Wildman–Crippen LogP) is 2.98. The minimum absolute atomic E-state index is 0.0600. The average molecular weight is 403 g/mol. The number of aryl methyl sites for hydroxylation is 1. The number of likely N-dealkylation sites (tertiary alicyclic amines) is 1. The van der Waals surface area contributed by atoms with Crippen LogP contribution in [0.5, 0.6) is 0 Å². The molecule has 0 aliphatic carbocycles. The first kappa shape index (κ1) is 19.5. The second-order valence-electron chi connectivity index (χ2n) is 6.36. The van der Waals surface area contributed by atoms with Crippen LogP contribution >= 0.6 is 23.6 Å². The number of rotatable bonds is 6. The van der Waals surface area contributed by atoms with Crippen molar-refractivity contribution in [1.29, 1.82) is 0 Å². The summed E-state index contributed by atoms with van der Waals surface area (Å²) in [6, 6.07) is -0.210. The number of nitrogens with one attached hydrogen (secondary N) is 2. The lowest BCUT2D eigenvalue weighted by Gasteiger charge is -2.32. The highest BCUT2D eigenvalue weighted by Crippen LogP contribution is 2.32. The van der Waals surface area contributed by atoms with Crippen molar-refractivity contribution in [3.8, 4) is 23.0 Å². The van der Waals surface area contributed by atoms with Crippen LogP contribution in [-0.4, -0.2) is 49.7 Å². The van der Waals surface area contributed by atoms with E-state index in [1.165, 1.54) is 11.3 Å². The van der Waals surface area contributed by atoms with E-state index >= 15 is 0 Å². The molecule has 2 aromatic heterocycles. The van der Waals surface area contributed by atoms with Gasteiger partial charge in [-0.25, -0.2) is 4.98 Å². The third kappa shape index (κ3) is 4.18. The first-order chi connectivity index (χ1) is 13.0. The molecule has 2 aromatic rings. The molecular formula is C18H22N6OS2. The first-order valence-electron chi connectivity index (χ1n) is 8.77. The van der Waals surface area contributed by atoms with Crippen LogP contribution in [0.4, 0.5) is 5.13 Å². The molecular weight excluding hydrogens is 380 g/mol. The van der Waals surface area contributed by atoms with Gasteiger partial charge in [0.1, 0.15) is 0 Å². The highest BCUT2D eigenvalue weighted by molar-refractivity contribution is 7.71. The number of amides is 1. The molecule has 1 unspecified atom stereocenters. The van der Waals surface area contributed by atoms with E-state index in [9.17, 15) is 4.79 Å². The fraction of sp³-hybridized carbons (Fsp3) is 0.444. The number of thiazole rings is 1. The first-order valence-corrected chi connectivity index (χ1v) is 10.00. The zero-order valence-corrected chi connectivity index (χ0v) is 16.8. The molecule has 3 rings (SSSR count). The van der Waals surface area contributed by atoms with Gasteiger partial charge in [0.05, 0.1) is 23.2 Å². The standard InChI is InChI=1S/C18H22N6OS2/c1-4-9-23-11-7-6-8-13(23)16(25)20-17-19-12(3)14(27-17)15-21-22-18(26)24(15)10-5-2/h1,5,13H,2,6-11H2,3H3,(H,22,26)(H,19,20,25). The van der Waals surface area contributed by atoms with Crippen LogP contribution in [0.1, 0.15) is 25.0 Å². The molecule has 1 aliphatic rings. The number of hydrogen-bond donors (Lipinski definition) is 2. The van der Waals surface area contributed by atoms with Crippen molar-refractivity contribution >= 4 is 34.6 Å². The molecule has 0 saturated carbocycles. The fourth-order valence-electron chi connectivity index (χ4n) is 3.23. The molecule has 1 aliphatic heterocycles. The smallest absolute Gasteiger partial charge is 0.243 e. The molecule has 3 heterocycles. The lowest BCUT2D eigenvalue weighted by Crippen LogP contribution is -2.47. The Morgan fingerprint density at radius 3 is 3.15 bits per heavy atom. The summed E-state index contributed by atoms with van der Waals surface area (Å²) in [7, 11) is 0. The number of aromatic nitrogens is 4. The molecule has 0 radical (unpaired) electrons. The van der Waals surface area contributed by atoms with Gasteiger partial charge in [0.15, 0.2) is 15.7 Å². The predicted molar refractivity (Wildman–Crippen MR) is 110 cm³/mol. The maximum Gasteiger partial charge on any atom is 0.243 e. The Bertz CT molecular complexity index is 935. The van der Waals surface area contributed by atoms with Crippen molar-refractivity contribution in [2.24, 2.45) is 0 Å². The highest BCUT2D eigenvalue weighted by Gasteiger charge is 2.29. The van der Waals surface area contributed by atoms with E-state index in [0.29, 0.717) is 28.8 Å². The van der Waals surface area contributed by atoms with E-state index in [2.05, 4.69) is 37.9 Å². The number of aromatic amines is 1. The van der Waals surface area contributed by atoms with Gasteiger partial charge >= 0.3 is 0 Å². The van der Waals surface area contributed by atoms with E-state index in [0.717, 1.165) is 36.4 Å². The maximum absolute atomic E-state index is 12.8. The normalized spacial score (nSPS) is 17.4. The SMILES string of the molecule is C#CCN1CCCCC1C(=O)Nc1nc(C)c(-c2n[nH]c(=S)n2CC=C)s1. The summed E-state index contributed by atoms with van der Waals surface area (Å²) < 4.78 is 2.37. The third-order valence-electron chi connectivity index (χ3n) is 4.51. The number of nitrogens with zero attached hydrogens (tertiary/aromatic N) is 4. The Balaban J connectivity index is 1.81. The minimum Gasteiger partial charge on any atom is -0.301 e. The summed E-state index contributed by atoms with van der Waals surface area (Å²) in [5, 5.41) is 10.6. The zero-order chi connectivity index (χ0) is 19.4. The van der Waals surface area contributed by atoms with E-state index in [1.807, 2.05) is 11.5 Å². The molecule has 142 valence electrons. The van der Waals surface area contributed by atoms with Crippen molar-refractivity contribution < 1.29 is 4.79 Å². The lowest BCUT2D eigenvalue weighted by atomic mass is 10.0. The van der Waals surface area contributed by atoms with Gasteiger partial charge in [-0.05, 0) is 38.5 Å². The Labute approximate surface area is 167 Å². The Morgan fingerprint density at radius 1 is 1.59 bits per heavy atom. The maximum atomic E-state index is 12.8. The minimum atomic E-state index is -0.210. The number of allylic oxidation sites excluding steroid dienone is 1. The summed E-state index contributed by atoms with van der Waals surface area (Å²) in [4.78, 5) is 20.2. The van der Waals surface area contributed by atoms with Crippen LogP contribution < -0.4 is 5.32 Å². The summed E-state index contributed by atoms with van der Waals surface area (Å²) >= 11 is 6.66. The molecule has 2 N–H and O–H groups in total. The molecule has 1 fully saturated rings. The summed E-state index contributed by atoms with van der Waals surface area (Å²) in [5.41, 5.74) is 0.790. The van der Waals surface area contributed by atoms with Gasteiger partial charge in [-0.3, -0.25) is 19.4 Å². The Hall–Kier alpha value is -2.28.